The minimum absolute atomic E-state index is 0.0230. The first kappa shape index (κ1) is 20.1. The number of fused-ring (bicyclic) bond motifs is 2. The van der Waals surface area contributed by atoms with Gasteiger partial charge < -0.3 is 9.13 Å². The van der Waals surface area contributed by atoms with Gasteiger partial charge >= 0.3 is 12.1 Å². The number of aryl methyl sites for hydroxylation is 2. The highest BCUT2D eigenvalue weighted by Gasteiger charge is 2.60. The summed E-state index contributed by atoms with van der Waals surface area (Å²) in [5.41, 5.74) is -0.360. The quantitative estimate of drug-likeness (QED) is 0.434. The van der Waals surface area contributed by atoms with E-state index in [9.17, 15) is 22.0 Å². The first-order valence-corrected chi connectivity index (χ1v) is 10.1. The third-order valence-electron chi connectivity index (χ3n) is 4.97. The predicted molar refractivity (Wildman–Crippen MR) is 99.0 cm³/mol. The van der Waals surface area contributed by atoms with Gasteiger partial charge in [-0.2, -0.15) is 22.0 Å². The Hall–Kier alpha value is -2.17. The van der Waals surface area contributed by atoms with E-state index < -0.39 is 17.8 Å². The van der Waals surface area contributed by atoms with Crippen molar-refractivity contribution in [2.24, 2.45) is 7.05 Å². The average molecular weight is 431 g/mol. The van der Waals surface area contributed by atoms with E-state index in [1.54, 1.807) is 23.4 Å². The van der Waals surface area contributed by atoms with Gasteiger partial charge in [-0.05, 0) is 24.7 Å². The van der Waals surface area contributed by atoms with Crippen molar-refractivity contribution in [3.63, 3.8) is 0 Å². The summed E-state index contributed by atoms with van der Waals surface area (Å²) in [5, 5.41) is 0.939. The van der Waals surface area contributed by atoms with Crippen molar-refractivity contribution in [2.75, 3.05) is 5.75 Å². The molecule has 29 heavy (non-hydrogen) atoms. The maximum atomic E-state index is 13.7. The highest BCUT2D eigenvalue weighted by atomic mass is 32.2. The lowest BCUT2D eigenvalue weighted by atomic mass is 10.2. The van der Waals surface area contributed by atoms with Gasteiger partial charge in [0.2, 0.25) is 0 Å². The monoisotopic (exact) mass is 431 g/mol. The molecular formula is C18H18F5N5S. The lowest BCUT2D eigenvalue weighted by molar-refractivity contribution is -0.290. The fourth-order valence-electron chi connectivity index (χ4n) is 3.50. The summed E-state index contributed by atoms with van der Waals surface area (Å²) < 4.78 is 69.3. The number of aromatic nitrogens is 5. The molecule has 1 aliphatic heterocycles. The number of imidazole rings is 2. The molecule has 0 atom stereocenters. The fraction of sp³-hybridized carbons (Fsp3) is 0.500. The molecule has 0 aromatic carbocycles. The molecule has 0 N–H and O–H groups in total. The second-order valence-corrected chi connectivity index (χ2v) is 8.10. The molecule has 4 heterocycles. The standard InChI is InChI=1S/C18H18F5N5S/c1-3-29-16-14(26-13-6-4-5-7-28(13)16)15-25-10-8-12(17(19,20)18(21,22)23)24-9-11(10)27(15)2/h8-9H,3-7H2,1-2H3. The van der Waals surface area contributed by atoms with E-state index in [-0.39, 0.29) is 5.52 Å². The number of hydrogen-bond acceptors (Lipinski definition) is 4. The molecule has 0 aliphatic carbocycles. The molecule has 1 aliphatic rings. The van der Waals surface area contributed by atoms with E-state index in [2.05, 4.69) is 14.5 Å². The lowest BCUT2D eigenvalue weighted by Gasteiger charge is -2.18. The smallest absolute Gasteiger partial charge is 0.324 e. The minimum Gasteiger partial charge on any atom is -0.324 e. The molecule has 0 spiro atoms. The maximum Gasteiger partial charge on any atom is 0.459 e. The highest BCUT2D eigenvalue weighted by Crippen LogP contribution is 2.43. The van der Waals surface area contributed by atoms with Gasteiger partial charge in [-0.15, -0.1) is 11.8 Å². The Bertz CT molecular complexity index is 1070. The van der Waals surface area contributed by atoms with Gasteiger partial charge in [0, 0.05) is 20.0 Å². The summed E-state index contributed by atoms with van der Waals surface area (Å²) in [6.45, 7) is 2.86. The zero-order valence-corrected chi connectivity index (χ0v) is 16.5. The molecule has 5 nitrogen and oxygen atoms in total. The van der Waals surface area contributed by atoms with Crippen LogP contribution in [0, 0.1) is 0 Å². The van der Waals surface area contributed by atoms with Crippen LogP contribution in [-0.4, -0.2) is 36.0 Å². The van der Waals surface area contributed by atoms with E-state index >= 15 is 0 Å². The molecule has 0 radical (unpaired) electrons. The maximum absolute atomic E-state index is 13.7. The van der Waals surface area contributed by atoms with Crippen LogP contribution >= 0.6 is 11.8 Å². The molecule has 11 heteroatoms. The molecule has 0 amide bonds. The van der Waals surface area contributed by atoms with Crippen molar-refractivity contribution >= 4 is 22.8 Å². The normalized spacial score (nSPS) is 15.1. The molecule has 0 saturated carbocycles. The van der Waals surface area contributed by atoms with Crippen LogP contribution < -0.4 is 0 Å². The average Bonchev–Trinajstić information content (AvgIpc) is 3.19. The van der Waals surface area contributed by atoms with Gasteiger partial charge in [-0.3, -0.25) is 4.98 Å². The summed E-state index contributed by atoms with van der Waals surface area (Å²) in [7, 11) is 1.67. The van der Waals surface area contributed by atoms with Gasteiger partial charge in [-0.25, -0.2) is 9.97 Å². The molecule has 0 saturated heterocycles. The predicted octanol–water partition coefficient (Wildman–Crippen LogP) is 4.93. The van der Waals surface area contributed by atoms with Crippen molar-refractivity contribution in [2.45, 2.75) is 49.9 Å². The van der Waals surface area contributed by atoms with E-state index in [0.717, 1.165) is 48.6 Å². The third kappa shape index (κ3) is 3.19. The van der Waals surface area contributed by atoms with Gasteiger partial charge in [0.1, 0.15) is 22.2 Å². The second kappa shape index (κ2) is 6.96. The number of halogens is 5. The van der Waals surface area contributed by atoms with Crippen LogP contribution in [-0.2, 0) is 25.9 Å². The highest BCUT2D eigenvalue weighted by molar-refractivity contribution is 7.99. The SMILES string of the molecule is CCSc1c(-c2nc3cc(C(F)(F)C(F)(F)F)ncc3n2C)nc2n1CCCC2. The molecule has 156 valence electrons. The van der Waals surface area contributed by atoms with Crippen LogP contribution in [0.4, 0.5) is 22.0 Å². The number of hydrogen-bond donors (Lipinski definition) is 0. The lowest BCUT2D eigenvalue weighted by Crippen LogP contribution is -2.34. The minimum atomic E-state index is -5.72. The van der Waals surface area contributed by atoms with Crippen LogP contribution in [0.2, 0.25) is 0 Å². The number of pyridine rings is 1. The Morgan fingerprint density at radius 2 is 1.90 bits per heavy atom. The molecular weight excluding hydrogens is 413 g/mol. The van der Waals surface area contributed by atoms with Crippen LogP contribution in [0.5, 0.6) is 0 Å². The van der Waals surface area contributed by atoms with Crippen LogP contribution in [0.15, 0.2) is 17.3 Å². The van der Waals surface area contributed by atoms with Crippen molar-refractivity contribution in [1.29, 1.82) is 0 Å². The fourth-order valence-corrected chi connectivity index (χ4v) is 4.40. The number of nitrogens with zero attached hydrogens (tertiary/aromatic N) is 5. The summed E-state index contributed by atoms with van der Waals surface area (Å²) in [5.74, 6) is -2.87. The Balaban J connectivity index is 1.86. The Kier molecular flexibility index (Phi) is 4.83. The zero-order chi connectivity index (χ0) is 21.0. The number of alkyl halides is 5. The summed E-state index contributed by atoms with van der Waals surface area (Å²) in [4.78, 5) is 12.4. The molecule has 0 fully saturated rings. The molecule has 0 unspecified atom stereocenters. The third-order valence-corrected chi connectivity index (χ3v) is 5.95. The molecule has 3 aromatic rings. The first-order chi connectivity index (χ1) is 13.6. The molecule has 3 aromatic heterocycles. The molecule has 4 rings (SSSR count). The first-order valence-electron chi connectivity index (χ1n) is 9.15. The van der Waals surface area contributed by atoms with E-state index in [0.29, 0.717) is 23.1 Å². The largest absolute Gasteiger partial charge is 0.459 e. The Morgan fingerprint density at radius 3 is 2.59 bits per heavy atom. The van der Waals surface area contributed by atoms with Gasteiger partial charge in [0.05, 0.1) is 17.2 Å². The van der Waals surface area contributed by atoms with Crippen molar-refractivity contribution in [3.8, 4) is 11.5 Å². The van der Waals surface area contributed by atoms with E-state index in [1.165, 1.54) is 0 Å². The topological polar surface area (TPSA) is 48.5 Å². The zero-order valence-electron chi connectivity index (χ0n) is 15.7. The summed E-state index contributed by atoms with van der Waals surface area (Å²) in [6.07, 6.45) is -1.80. The van der Waals surface area contributed by atoms with Gasteiger partial charge in [-0.1, -0.05) is 6.92 Å². The van der Waals surface area contributed by atoms with Crippen molar-refractivity contribution < 1.29 is 22.0 Å². The van der Waals surface area contributed by atoms with Crippen LogP contribution in [0.1, 0.15) is 31.3 Å². The number of rotatable bonds is 4. The van der Waals surface area contributed by atoms with E-state index in [4.69, 9.17) is 4.98 Å². The summed E-state index contributed by atoms with van der Waals surface area (Å²) in [6, 6.07) is 0.703. The Labute approximate surface area is 167 Å². The number of thioether (sulfide) groups is 1. The summed E-state index contributed by atoms with van der Waals surface area (Å²) >= 11 is 1.61. The second-order valence-electron chi connectivity index (χ2n) is 6.85. The van der Waals surface area contributed by atoms with Gasteiger partial charge in [0.15, 0.2) is 5.82 Å². The molecule has 0 bridgehead atoms. The van der Waals surface area contributed by atoms with Gasteiger partial charge in [0.25, 0.3) is 0 Å². The van der Waals surface area contributed by atoms with Crippen molar-refractivity contribution in [3.05, 3.63) is 23.8 Å². The van der Waals surface area contributed by atoms with E-state index in [1.807, 2.05) is 6.92 Å². The van der Waals surface area contributed by atoms with Crippen molar-refractivity contribution in [1.82, 2.24) is 24.1 Å². The Morgan fingerprint density at radius 1 is 1.14 bits per heavy atom. The van der Waals surface area contributed by atoms with Crippen LogP contribution in [0.25, 0.3) is 22.6 Å². The van der Waals surface area contributed by atoms with Crippen LogP contribution in [0.3, 0.4) is 0 Å².